The molecule has 0 unspecified atom stereocenters. The Bertz CT molecular complexity index is 328. The van der Waals surface area contributed by atoms with Crippen LogP contribution in [0.1, 0.15) is 5.56 Å². The Morgan fingerprint density at radius 1 is 1.31 bits per heavy atom. The first-order valence-electron chi connectivity index (χ1n) is 3.81. The molecule has 13 heavy (non-hydrogen) atoms. The van der Waals surface area contributed by atoms with Gasteiger partial charge >= 0.3 is 98.0 Å². The first kappa shape index (κ1) is 10.8. The molecule has 0 spiro atoms. The van der Waals surface area contributed by atoms with Gasteiger partial charge in [-0.05, 0) is 0 Å². The zero-order valence-corrected chi connectivity index (χ0v) is 10.1. The summed E-state index contributed by atoms with van der Waals surface area (Å²) in [5, 5.41) is 10.0. The molecule has 2 nitrogen and oxygen atoms in total. The van der Waals surface area contributed by atoms with E-state index in [1.165, 1.54) is 5.56 Å². The maximum atomic E-state index is 10.0. The van der Waals surface area contributed by atoms with Gasteiger partial charge in [-0.25, -0.2) is 0 Å². The van der Waals surface area contributed by atoms with Crippen molar-refractivity contribution in [1.29, 1.82) is 0 Å². The molecule has 0 aliphatic carbocycles. The van der Waals surface area contributed by atoms with E-state index in [-0.39, 0.29) is 0 Å². The van der Waals surface area contributed by atoms with Crippen LogP contribution in [0, 0.1) is 37.0 Å². The summed E-state index contributed by atoms with van der Waals surface area (Å²) in [6.45, 7) is 0. The molecule has 1 rings (SSSR count). The van der Waals surface area contributed by atoms with Crippen LogP contribution in [-0.2, 0) is 4.79 Å². The molecule has 0 aliphatic rings. The van der Waals surface area contributed by atoms with Crippen LogP contribution in [0.4, 0.5) is 0 Å². The van der Waals surface area contributed by atoms with Gasteiger partial charge in [-0.3, -0.25) is 0 Å². The summed E-state index contributed by atoms with van der Waals surface area (Å²) in [6.07, 6.45) is 1.13. The van der Waals surface area contributed by atoms with E-state index in [1.54, 1.807) is 1.59 Å². The zero-order chi connectivity index (χ0) is 9.52. The molecule has 0 saturated carbocycles. The van der Waals surface area contributed by atoms with Crippen molar-refractivity contribution in [1.82, 2.24) is 0 Å². The number of benzene rings is 1. The minimum atomic E-state index is -1.10. The van der Waals surface area contributed by atoms with Crippen LogP contribution in [0.3, 0.4) is 0 Å². The topological polar surface area (TPSA) is 40.1 Å². The molecule has 65 valence electrons. The summed E-state index contributed by atoms with van der Waals surface area (Å²) < 4.78 is 3.89. The summed E-state index contributed by atoms with van der Waals surface area (Å²) in [5.74, 6) is -1.10. The summed E-state index contributed by atoms with van der Waals surface area (Å²) >= 11 is -1.02. The number of carboxylic acids is 1. The Balaban J connectivity index is 2.55. The second kappa shape index (κ2) is 6.18. The van der Waals surface area contributed by atoms with Gasteiger partial charge in [0.05, 0.1) is 0 Å². The molecule has 0 aromatic heterocycles. The molecule has 0 heterocycles. The fourth-order valence-corrected chi connectivity index (χ4v) is 3.05. The Labute approximate surface area is 96.9 Å². The van der Waals surface area contributed by atoms with Crippen molar-refractivity contribution in [2.45, 2.75) is 0 Å². The van der Waals surface area contributed by atoms with E-state index in [1.807, 2.05) is 30.3 Å². The van der Waals surface area contributed by atoms with E-state index < -0.39 is 43.0 Å². The SMILES string of the molecule is O=C([O-])C=[CH][Ce]=[CH]c1ccccc1. The van der Waals surface area contributed by atoms with Gasteiger partial charge < -0.3 is 0 Å². The molecule has 0 amide bonds. The molecular formula is C10H8CeO2-. The number of rotatable bonds is 3. The van der Waals surface area contributed by atoms with Crippen LogP contribution in [0.15, 0.2) is 38.0 Å². The third-order valence-corrected chi connectivity index (χ3v) is 4.06. The van der Waals surface area contributed by atoms with Gasteiger partial charge in [-0.1, -0.05) is 0 Å². The van der Waals surface area contributed by atoms with Crippen LogP contribution >= 0.6 is 0 Å². The van der Waals surface area contributed by atoms with Crippen molar-refractivity contribution < 1.29 is 46.9 Å². The Kier molecular flexibility index (Phi) is 5.11. The second-order valence-electron chi connectivity index (χ2n) is 2.37. The third-order valence-electron chi connectivity index (χ3n) is 1.37. The molecule has 0 atom stereocenters. The summed E-state index contributed by atoms with van der Waals surface area (Å²) in [5.41, 5.74) is 1.17. The fraction of sp³-hybridized carbons (Fsp3) is 0. The summed E-state index contributed by atoms with van der Waals surface area (Å²) in [4.78, 5) is 10.0. The average Bonchev–Trinajstić information content (AvgIpc) is 2.14. The number of aliphatic carboxylic acids is 1. The minimum absolute atomic E-state index is 1.02. The van der Waals surface area contributed by atoms with Crippen LogP contribution in [0.2, 0.25) is 0 Å². The molecule has 1 aromatic carbocycles. The van der Waals surface area contributed by atoms with Crippen molar-refractivity contribution in [3.63, 3.8) is 0 Å². The van der Waals surface area contributed by atoms with Gasteiger partial charge in [0.1, 0.15) is 0 Å². The van der Waals surface area contributed by atoms with Gasteiger partial charge in [0.25, 0.3) is 0 Å². The molecular weight excluding hydrogens is 292 g/mol. The third kappa shape index (κ3) is 5.08. The number of hydrogen-bond acceptors (Lipinski definition) is 2. The van der Waals surface area contributed by atoms with Crippen molar-refractivity contribution in [2.75, 3.05) is 0 Å². The average molecular weight is 300 g/mol. The molecule has 0 fully saturated rings. The molecule has 3 heteroatoms. The molecule has 0 aliphatic heterocycles. The maximum absolute atomic E-state index is 10.0. The van der Waals surface area contributed by atoms with Gasteiger partial charge in [-0.15, -0.1) is 0 Å². The summed E-state index contributed by atoms with van der Waals surface area (Å²) in [7, 11) is 0. The van der Waals surface area contributed by atoms with Crippen molar-refractivity contribution in [3.8, 4) is 0 Å². The first-order chi connectivity index (χ1) is 6.29. The zero-order valence-electron chi connectivity index (χ0n) is 6.94. The molecule has 0 saturated heterocycles. The fourth-order valence-electron chi connectivity index (χ4n) is 0.810. The van der Waals surface area contributed by atoms with E-state index in [0.29, 0.717) is 0 Å². The van der Waals surface area contributed by atoms with E-state index in [0.717, 1.165) is 6.08 Å². The van der Waals surface area contributed by atoms with Crippen LogP contribution in [0.25, 0.3) is 0 Å². The van der Waals surface area contributed by atoms with Crippen molar-refractivity contribution in [3.05, 3.63) is 43.6 Å². The second-order valence-corrected chi connectivity index (χ2v) is 5.37. The van der Waals surface area contributed by atoms with E-state index in [4.69, 9.17) is 0 Å². The standard InChI is InChI=1S/C7H6.C3H3O2.Ce/c1-7-5-3-2-4-6-7;1-2-3(4)5;/h1-6H;1-2H,(H,4,5);/p-1. The van der Waals surface area contributed by atoms with E-state index in [9.17, 15) is 9.90 Å². The molecule has 0 N–H and O–H groups in total. The number of carbonyl (C=O) groups is 1. The van der Waals surface area contributed by atoms with Gasteiger partial charge in [0.2, 0.25) is 0 Å². The predicted octanol–water partition coefficient (Wildman–Crippen LogP) is 0.185. The van der Waals surface area contributed by atoms with E-state index >= 15 is 0 Å². The molecule has 0 radical (unpaired) electrons. The van der Waals surface area contributed by atoms with Crippen molar-refractivity contribution in [2.24, 2.45) is 0 Å². The van der Waals surface area contributed by atoms with Gasteiger partial charge in [0.15, 0.2) is 0 Å². The quantitative estimate of drug-likeness (QED) is 0.748. The number of carboxylic acid groups (broad SMARTS) is 1. The Morgan fingerprint density at radius 3 is 2.62 bits per heavy atom. The van der Waals surface area contributed by atoms with Gasteiger partial charge in [-0.2, -0.15) is 0 Å². The van der Waals surface area contributed by atoms with Crippen LogP contribution in [-0.4, -0.2) is 7.47 Å². The Hall–Kier alpha value is -0.323. The number of carbonyl (C=O) groups excluding carboxylic acids is 1. The molecule has 1 aromatic rings. The molecule has 0 bridgehead atoms. The van der Waals surface area contributed by atoms with Crippen LogP contribution in [0.5, 0.6) is 0 Å². The van der Waals surface area contributed by atoms with Crippen LogP contribution < -0.4 is 5.11 Å². The van der Waals surface area contributed by atoms with Gasteiger partial charge in [0, 0.05) is 0 Å². The Morgan fingerprint density at radius 2 is 2.00 bits per heavy atom. The summed E-state index contributed by atoms with van der Waals surface area (Å²) in [6, 6.07) is 9.93. The monoisotopic (exact) mass is 300 g/mol. The normalized spacial score (nSPS) is 10.5. The van der Waals surface area contributed by atoms with Crippen molar-refractivity contribution >= 4 is 7.47 Å². The number of hydrogen-bond donors (Lipinski definition) is 0. The van der Waals surface area contributed by atoms with E-state index in [2.05, 4.69) is 1.50 Å². The predicted molar refractivity (Wildman–Crippen MR) is 45.8 cm³/mol. The first-order valence-corrected chi connectivity index (χ1v) is 7.43.